The lowest BCUT2D eigenvalue weighted by atomic mass is 9.72. The van der Waals surface area contributed by atoms with Crippen LogP contribution in [-0.2, 0) is 0 Å². The average molecular weight is 848 g/mol. The molecule has 9 aromatic carbocycles. The fraction of sp³-hybridized carbons (Fsp3) is 0. The van der Waals surface area contributed by atoms with E-state index in [0.717, 1.165) is 116 Å². The Morgan fingerprint density at radius 3 is 1.08 bits per heavy atom. The van der Waals surface area contributed by atoms with Crippen LogP contribution in [0, 0.1) is 0 Å². The molecule has 0 saturated heterocycles. The van der Waals surface area contributed by atoms with Gasteiger partial charge in [-0.25, -0.2) is 0 Å². The minimum Gasteiger partial charge on any atom is -0.509 e. The molecule has 2 aromatic heterocycles. The number of aromatic nitrogens is 2. The normalized spacial score (nSPS) is 11.6. The Kier molecular flexibility index (Phi) is 9.56. The van der Waals surface area contributed by atoms with Gasteiger partial charge in [0, 0.05) is 44.0 Å². The van der Waals surface area contributed by atoms with Crippen LogP contribution in [0.3, 0.4) is 0 Å². The van der Waals surface area contributed by atoms with E-state index in [4.69, 9.17) is 0 Å². The van der Waals surface area contributed by atoms with E-state index in [9.17, 15) is 20.4 Å². The van der Waals surface area contributed by atoms with Crippen LogP contribution in [-0.4, -0.2) is 76.6 Å². The topological polar surface area (TPSA) is 90.8 Å². The first-order valence-corrected chi connectivity index (χ1v) is 22.3. The van der Waals surface area contributed by atoms with Gasteiger partial charge in [0.15, 0.2) is 11.5 Å². The number of benzene rings is 9. The van der Waals surface area contributed by atoms with Crippen molar-refractivity contribution in [3.05, 3.63) is 158 Å². The number of phenols is 4. The number of hydrogen-bond donors (Lipinski definition) is 4. The van der Waals surface area contributed by atoms with Crippen molar-refractivity contribution in [3.63, 3.8) is 0 Å². The molecule has 11 rings (SSSR count). The molecule has 0 radical (unpaired) electrons. The zero-order chi connectivity index (χ0) is 45.7. The van der Waals surface area contributed by atoms with Gasteiger partial charge in [0.1, 0.15) is 52.8 Å². The van der Waals surface area contributed by atoms with Crippen molar-refractivity contribution < 1.29 is 20.4 Å². The third kappa shape index (κ3) is 6.05. The minimum absolute atomic E-state index is 0.245. The molecule has 0 spiro atoms. The molecule has 6 nitrogen and oxygen atoms in total. The summed E-state index contributed by atoms with van der Waals surface area (Å²) in [5, 5.41) is 50.3. The van der Waals surface area contributed by atoms with Crippen LogP contribution >= 0.6 is 0 Å². The molecular formula is C54H42B6N2O4. The molecule has 0 aliphatic rings. The van der Waals surface area contributed by atoms with Gasteiger partial charge in [0.2, 0.25) is 5.75 Å². The van der Waals surface area contributed by atoms with E-state index in [-0.39, 0.29) is 11.5 Å². The summed E-state index contributed by atoms with van der Waals surface area (Å²) in [6, 6.07) is 54.7. The second-order valence-corrected chi connectivity index (χ2v) is 17.7. The SMILES string of the molecule is Bc1c(O)c(B)c2c(c1B)c1c3c4c(B)c(O)c(O)c(O)c4n(-c4cccc(-c5ccc(-c6ccccc6)cc5)c4)c3c(B)c(B)c1n2-c1cccc(-c2ccc(-c3ccccc3)cc2)c1. The maximum Gasteiger partial charge on any atom is 0.201 e. The Morgan fingerprint density at radius 1 is 0.258 bits per heavy atom. The van der Waals surface area contributed by atoms with Crippen molar-refractivity contribution in [2.24, 2.45) is 0 Å². The number of hydrogen-bond acceptors (Lipinski definition) is 4. The van der Waals surface area contributed by atoms with Gasteiger partial charge in [0.05, 0.1) is 11.0 Å². The van der Waals surface area contributed by atoms with Crippen LogP contribution in [0.5, 0.6) is 23.0 Å². The summed E-state index contributed by atoms with van der Waals surface area (Å²) in [7, 11) is 12.1. The minimum atomic E-state index is -0.564. The van der Waals surface area contributed by atoms with Crippen molar-refractivity contribution in [1.82, 2.24) is 9.13 Å². The molecule has 4 N–H and O–H groups in total. The van der Waals surface area contributed by atoms with E-state index >= 15 is 0 Å². The zero-order valence-corrected chi connectivity index (χ0v) is 37.7. The van der Waals surface area contributed by atoms with Gasteiger partial charge in [-0.15, -0.1) is 0 Å². The van der Waals surface area contributed by atoms with Crippen molar-refractivity contribution in [1.29, 1.82) is 0 Å². The molecule has 0 atom stereocenters. The first kappa shape index (κ1) is 40.9. The molecular weight excluding hydrogens is 805 g/mol. The van der Waals surface area contributed by atoms with Crippen molar-refractivity contribution in [2.75, 3.05) is 0 Å². The summed E-state index contributed by atoms with van der Waals surface area (Å²) in [5.41, 5.74) is 18.5. The standard InChI is InChI=1S/C54H42B6N2O4/c55-41-39-37-38-40-42(56)52(64)54(66)53(65)50(40)62(36-16-8-14-34(26-36)32-23-19-30(20-24-32)28-11-5-2-6-12-28)48(38)44(58)43(57)47(37)61(49(39)46(60)51(63)45(41)59)35-15-7-13-33(25-35)31-21-17-29(18-22-31)27-9-3-1-4-10-27/h1-26,63-66H,55-60H2. The van der Waals surface area contributed by atoms with Crippen molar-refractivity contribution in [3.8, 4) is 78.9 Å². The molecule has 310 valence electrons. The number of fused-ring (bicyclic) bond motifs is 7. The highest BCUT2D eigenvalue weighted by atomic mass is 16.3. The van der Waals surface area contributed by atoms with Crippen LogP contribution in [0.2, 0.25) is 0 Å². The van der Waals surface area contributed by atoms with Gasteiger partial charge < -0.3 is 29.6 Å². The summed E-state index contributed by atoms with van der Waals surface area (Å²) in [4.78, 5) is 0. The Morgan fingerprint density at radius 2 is 0.621 bits per heavy atom. The predicted octanol–water partition coefficient (Wildman–Crippen LogP) is 2.92. The number of nitrogens with zero attached hydrogens (tertiary/aromatic N) is 2. The molecule has 0 aliphatic carbocycles. The highest BCUT2D eigenvalue weighted by Gasteiger charge is 2.31. The number of phenolic OH excluding ortho intramolecular Hbond substituents is 4. The number of aromatic hydroxyl groups is 4. The highest BCUT2D eigenvalue weighted by Crippen LogP contribution is 2.47. The monoisotopic (exact) mass is 848 g/mol. The van der Waals surface area contributed by atoms with Crippen molar-refractivity contribution in [2.45, 2.75) is 0 Å². The summed E-state index contributed by atoms with van der Waals surface area (Å²) < 4.78 is 4.34. The highest BCUT2D eigenvalue weighted by molar-refractivity contribution is 6.64. The van der Waals surface area contributed by atoms with E-state index in [1.54, 1.807) is 7.85 Å². The Balaban J connectivity index is 1.21. The second-order valence-electron chi connectivity index (χ2n) is 17.7. The molecule has 0 amide bonds. The van der Waals surface area contributed by atoms with Crippen LogP contribution in [0.15, 0.2) is 158 Å². The first-order chi connectivity index (χ1) is 31.9. The summed E-state index contributed by atoms with van der Waals surface area (Å²) in [5.74, 6) is -1.08. The zero-order valence-electron chi connectivity index (χ0n) is 37.7. The number of rotatable bonds is 6. The van der Waals surface area contributed by atoms with E-state index < -0.39 is 11.5 Å². The lowest BCUT2D eigenvalue weighted by Crippen LogP contribution is -2.32. The van der Waals surface area contributed by atoms with Gasteiger partial charge in [0.25, 0.3) is 0 Å². The third-order valence-corrected chi connectivity index (χ3v) is 14.1. The third-order valence-electron chi connectivity index (χ3n) is 14.1. The second kappa shape index (κ2) is 15.4. The summed E-state index contributed by atoms with van der Waals surface area (Å²) in [6.07, 6.45) is 0. The van der Waals surface area contributed by atoms with Gasteiger partial charge in [-0.05, 0) is 79.7 Å². The van der Waals surface area contributed by atoms with Gasteiger partial charge in [-0.2, -0.15) is 0 Å². The lowest BCUT2D eigenvalue weighted by molar-refractivity contribution is 0.372. The summed E-state index contributed by atoms with van der Waals surface area (Å²) in [6.45, 7) is 0. The Labute approximate surface area is 387 Å². The predicted molar refractivity (Wildman–Crippen MR) is 293 cm³/mol. The molecule has 0 saturated carbocycles. The van der Waals surface area contributed by atoms with Crippen molar-refractivity contribution >= 4 is 123 Å². The molecule has 66 heavy (non-hydrogen) atoms. The van der Waals surface area contributed by atoms with Crippen LogP contribution < -0.4 is 32.8 Å². The van der Waals surface area contributed by atoms with E-state index in [1.165, 1.54) is 0 Å². The largest absolute Gasteiger partial charge is 0.509 e. The Bertz CT molecular complexity index is 3550. The van der Waals surface area contributed by atoms with Gasteiger partial charge in [-0.1, -0.05) is 155 Å². The van der Waals surface area contributed by atoms with E-state index in [1.807, 2.05) is 56.7 Å². The Hall–Kier alpha value is -7.83. The lowest BCUT2D eigenvalue weighted by Gasteiger charge is -2.17. The molecule has 0 fully saturated rings. The maximum atomic E-state index is 12.1. The molecule has 0 unspecified atom stereocenters. The molecule has 2 heterocycles. The first-order valence-electron chi connectivity index (χ1n) is 22.3. The fourth-order valence-corrected chi connectivity index (χ4v) is 10.4. The van der Waals surface area contributed by atoms with E-state index in [2.05, 4.69) is 149 Å². The smallest absolute Gasteiger partial charge is 0.201 e. The maximum absolute atomic E-state index is 12.1. The molecule has 11 aromatic rings. The van der Waals surface area contributed by atoms with Crippen LogP contribution in [0.4, 0.5) is 0 Å². The van der Waals surface area contributed by atoms with E-state index in [0.29, 0.717) is 16.4 Å². The molecule has 0 bridgehead atoms. The molecule has 12 heteroatoms. The van der Waals surface area contributed by atoms with Crippen LogP contribution in [0.25, 0.3) is 99.5 Å². The quantitative estimate of drug-likeness (QED) is 0.153. The fourth-order valence-electron chi connectivity index (χ4n) is 10.4. The van der Waals surface area contributed by atoms with Gasteiger partial charge >= 0.3 is 0 Å². The van der Waals surface area contributed by atoms with Gasteiger partial charge in [-0.3, -0.25) is 0 Å². The average Bonchev–Trinajstić information content (AvgIpc) is 3.91. The molecule has 0 aliphatic heterocycles. The van der Waals surface area contributed by atoms with Crippen LogP contribution in [0.1, 0.15) is 0 Å². The summed E-state index contributed by atoms with van der Waals surface area (Å²) >= 11 is 0.